The molecule has 1 heterocycles. The molecule has 0 aliphatic heterocycles. The first-order chi connectivity index (χ1) is 8.65. The molecule has 4 nitrogen and oxygen atoms in total. The highest BCUT2D eigenvalue weighted by Gasteiger charge is 2.02. The van der Waals surface area contributed by atoms with Crippen LogP contribution in [0.4, 0.5) is 0 Å². The second-order valence-electron chi connectivity index (χ2n) is 3.93. The highest BCUT2D eigenvalue weighted by molar-refractivity contribution is 6.29. The fourth-order valence-electron chi connectivity index (χ4n) is 1.41. The molecule has 1 N–H and O–H groups in total. The number of aliphatic hydroxyl groups excluding tert-OH is 1. The summed E-state index contributed by atoms with van der Waals surface area (Å²) in [5, 5.41) is 17.3. The Kier molecular flexibility index (Phi) is 4.12. The molecule has 0 spiro atoms. The van der Waals surface area contributed by atoms with E-state index < -0.39 is 6.10 Å². The summed E-state index contributed by atoms with van der Waals surface area (Å²) in [7, 11) is 0. The van der Waals surface area contributed by atoms with Crippen molar-refractivity contribution >= 4 is 11.6 Å². The van der Waals surface area contributed by atoms with Crippen LogP contribution in [0.3, 0.4) is 0 Å². The summed E-state index contributed by atoms with van der Waals surface area (Å²) >= 11 is 5.68. The monoisotopic (exact) mass is 264 g/mol. The Balaban J connectivity index is 2.09. The van der Waals surface area contributed by atoms with Gasteiger partial charge in [0, 0.05) is 5.56 Å². The molecule has 0 radical (unpaired) electrons. The highest BCUT2D eigenvalue weighted by Crippen LogP contribution is 2.20. The largest absolute Gasteiger partial charge is 0.491 e. The fraction of sp³-hybridized carbons (Fsp3) is 0.231. The average molecular weight is 265 g/mol. The van der Waals surface area contributed by atoms with Crippen molar-refractivity contribution in [1.82, 2.24) is 10.2 Å². The van der Waals surface area contributed by atoms with Gasteiger partial charge in [-0.2, -0.15) is 0 Å². The molecule has 0 aliphatic rings. The van der Waals surface area contributed by atoms with Crippen LogP contribution >= 0.6 is 11.6 Å². The van der Waals surface area contributed by atoms with Gasteiger partial charge in [-0.1, -0.05) is 11.6 Å². The zero-order valence-corrected chi connectivity index (χ0v) is 10.6. The molecule has 1 aromatic carbocycles. The van der Waals surface area contributed by atoms with E-state index in [0.717, 1.165) is 11.3 Å². The summed E-state index contributed by atoms with van der Waals surface area (Å²) in [6.07, 6.45) is -0.480. The molecule has 2 aromatic rings. The summed E-state index contributed by atoms with van der Waals surface area (Å²) < 4.78 is 5.37. The van der Waals surface area contributed by atoms with Gasteiger partial charge >= 0.3 is 0 Å². The van der Waals surface area contributed by atoms with E-state index in [4.69, 9.17) is 21.4 Å². The number of aliphatic hydroxyl groups is 1. The quantitative estimate of drug-likeness (QED) is 0.922. The predicted molar refractivity (Wildman–Crippen MR) is 69.7 cm³/mol. The molecule has 0 saturated heterocycles. The molecule has 5 heteroatoms. The zero-order chi connectivity index (χ0) is 13.0. The minimum atomic E-state index is -0.480. The maximum atomic E-state index is 9.12. The SMILES string of the molecule is CC(O)COc1ccc(-c2ccc(Cl)nn2)cc1. The first kappa shape index (κ1) is 12.8. The van der Waals surface area contributed by atoms with Gasteiger partial charge in [-0.3, -0.25) is 0 Å². The summed E-state index contributed by atoms with van der Waals surface area (Å²) in [6, 6.07) is 10.9. The van der Waals surface area contributed by atoms with Gasteiger partial charge in [0.25, 0.3) is 0 Å². The smallest absolute Gasteiger partial charge is 0.151 e. The van der Waals surface area contributed by atoms with Crippen molar-refractivity contribution in [3.05, 3.63) is 41.6 Å². The minimum Gasteiger partial charge on any atom is -0.491 e. The molecule has 18 heavy (non-hydrogen) atoms. The van der Waals surface area contributed by atoms with Crippen LogP contribution < -0.4 is 4.74 Å². The van der Waals surface area contributed by atoms with E-state index in [1.54, 1.807) is 19.1 Å². The van der Waals surface area contributed by atoms with Crippen molar-refractivity contribution in [1.29, 1.82) is 0 Å². The Morgan fingerprint density at radius 1 is 1.17 bits per heavy atom. The summed E-state index contributed by atoms with van der Waals surface area (Å²) in [4.78, 5) is 0. The van der Waals surface area contributed by atoms with Crippen LogP contribution in [-0.4, -0.2) is 28.0 Å². The molecule has 94 valence electrons. The Hall–Kier alpha value is -1.65. The zero-order valence-electron chi connectivity index (χ0n) is 9.88. The van der Waals surface area contributed by atoms with E-state index in [2.05, 4.69) is 10.2 Å². The molecule has 0 bridgehead atoms. The highest BCUT2D eigenvalue weighted by atomic mass is 35.5. The van der Waals surface area contributed by atoms with Gasteiger partial charge < -0.3 is 9.84 Å². The second-order valence-corrected chi connectivity index (χ2v) is 4.31. The van der Waals surface area contributed by atoms with Gasteiger partial charge in [-0.25, -0.2) is 0 Å². The van der Waals surface area contributed by atoms with Crippen LogP contribution in [0.5, 0.6) is 5.75 Å². The molecule has 0 saturated carbocycles. The number of benzene rings is 1. The summed E-state index contributed by atoms with van der Waals surface area (Å²) in [5.74, 6) is 0.710. The van der Waals surface area contributed by atoms with Gasteiger partial charge in [-0.15, -0.1) is 10.2 Å². The third kappa shape index (κ3) is 3.42. The van der Waals surface area contributed by atoms with Crippen LogP contribution in [-0.2, 0) is 0 Å². The van der Waals surface area contributed by atoms with E-state index in [9.17, 15) is 0 Å². The fourth-order valence-corrected chi connectivity index (χ4v) is 1.51. The normalized spacial score (nSPS) is 12.2. The van der Waals surface area contributed by atoms with Crippen molar-refractivity contribution in [2.45, 2.75) is 13.0 Å². The van der Waals surface area contributed by atoms with E-state index in [0.29, 0.717) is 10.9 Å². The number of rotatable bonds is 4. The maximum absolute atomic E-state index is 9.12. The Morgan fingerprint density at radius 3 is 2.44 bits per heavy atom. The molecule has 0 aliphatic carbocycles. The van der Waals surface area contributed by atoms with E-state index in [-0.39, 0.29) is 6.61 Å². The third-order valence-corrected chi connectivity index (χ3v) is 2.47. The lowest BCUT2D eigenvalue weighted by Crippen LogP contribution is -2.12. The first-order valence-corrected chi connectivity index (χ1v) is 5.93. The van der Waals surface area contributed by atoms with Crippen LogP contribution in [0.1, 0.15) is 6.92 Å². The Morgan fingerprint density at radius 2 is 1.89 bits per heavy atom. The van der Waals surface area contributed by atoms with Gasteiger partial charge in [0.2, 0.25) is 0 Å². The lowest BCUT2D eigenvalue weighted by atomic mass is 10.1. The number of ether oxygens (including phenoxy) is 1. The number of hydrogen-bond donors (Lipinski definition) is 1. The maximum Gasteiger partial charge on any atom is 0.151 e. The van der Waals surface area contributed by atoms with Gasteiger partial charge in [0.05, 0.1) is 11.8 Å². The van der Waals surface area contributed by atoms with Gasteiger partial charge in [0.15, 0.2) is 5.15 Å². The van der Waals surface area contributed by atoms with Crippen LogP contribution in [0.15, 0.2) is 36.4 Å². The molecule has 2 rings (SSSR count). The lowest BCUT2D eigenvalue weighted by Gasteiger charge is -2.08. The molecule has 1 aromatic heterocycles. The second kappa shape index (κ2) is 5.80. The van der Waals surface area contributed by atoms with Crippen molar-refractivity contribution in [3.63, 3.8) is 0 Å². The Labute approximate surface area is 110 Å². The summed E-state index contributed by atoms with van der Waals surface area (Å²) in [6.45, 7) is 1.96. The van der Waals surface area contributed by atoms with Crippen LogP contribution in [0.25, 0.3) is 11.3 Å². The number of nitrogens with zero attached hydrogens (tertiary/aromatic N) is 2. The van der Waals surface area contributed by atoms with Crippen molar-refractivity contribution in [3.8, 4) is 17.0 Å². The van der Waals surface area contributed by atoms with Gasteiger partial charge in [-0.05, 0) is 43.3 Å². The molecule has 0 amide bonds. The molecular formula is C13H13ClN2O2. The predicted octanol–water partition coefficient (Wildman–Crippen LogP) is 2.56. The van der Waals surface area contributed by atoms with Crippen LogP contribution in [0, 0.1) is 0 Å². The van der Waals surface area contributed by atoms with E-state index >= 15 is 0 Å². The topological polar surface area (TPSA) is 55.2 Å². The van der Waals surface area contributed by atoms with E-state index in [1.807, 2.05) is 24.3 Å². The molecule has 0 fully saturated rings. The molecule has 1 atom stereocenters. The van der Waals surface area contributed by atoms with Crippen molar-refractivity contribution in [2.24, 2.45) is 0 Å². The minimum absolute atomic E-state index is 0.278. The number of hydrogen-bond acceptors (Lipinski definition) is 4. The van der Waals surface area contributed by atoms with E-state index in [1.165, 1.54) is 0 Å². The molecule has 1 unspecified atom stereocenters. The lowest BCUT2D eigenvalue weighted by molar-refractivity contribution is 0.123. The number of halogens is 1. The van der Waals surface area contributed by atoms with Gasteiger partial charge in [0.1, 0.15) is 12.4 Å². The average Bonchev–Trinajstić information content (AvgIpc) is 2.38. The number of aromatic nitrogens is 2. The Bertz CT molecular complexity index is 497. The third-order valence-electron chi connectivity index (χ3n) is 2.27. The van der Waals surface area contributed by atoms with Crippen LogP contribution in [0.2, 0.25) is 5.15 Å². The summed E-state index contributed by atoms with van der Waals surface area (Å²) in [5.41, 5.74) is 1.69. The van der Waals surface area contributed by atoms with Crippen molar-refractivity contribution < 1.29 is 9.84 Å². The standard InChI is InChI=1S/C13H13ClN2O2/c1-9(17)8-18-11-4-2-10(3-5-11)12-6-7-13(14)16-15-12/h2-7,9,17H,8H2,1H3. The first-order valence-electron chi connectivity index (χ1n) is 5.55. The van der Waals surface area contributed by atoms with Crippen molar-refractivity contribution in [2.75, 3.05) is 6.61 Å². The molecular weight excluding hydrogens is 252 g/mol.